The van der Waals surface area contributed by atoms with E-state index in [0.717, 1.165) is 5.69 Å². The fourth-order valence-electron chi connectivity index (χ4n) is 4.09. The zero-order chi connectivity index (χ0) is 16.1. The molecular formula is C22H18NP. The third-order valence-corrected chi connectivity index (χ3v) is 8.11. The van der Waals surface area contributed by atoms with Gasteiger partial charge in [0, 0.05) is 17.8 Å². The van der Waals surface area contributed by atoms with Crippen molar-refractivity contribution >= 4 is 19.6 Å². The van der Waals surface area contributed by atoms with Gasteiger partial charge in [-0.05, 0) is 60.4 Å². The summed E-state index contributed by atoms with van der Waals surface area (Å²) in [5, 5.41) is 3.15. The summed E-state index contributed by atoms with van der Waals surface area (Å²) in [6, 6.07) is 15.1. The lowest BCUT2D eigenvalue weighted by Gasteiger charge is -2.27. The maximum absolute atomic E-state index is 4.66. The van der Waals surface area contributed by atoms with E-state index < -0.39 is 0 Å². The van der Waals surface area contributed by atoms with Gasteiger partial charge in [0.25, 0.3) is 0 Å². The average Bonchev–Trinajstić information content (AvgIpc) is 3.28. The summed E-state index contributed by atoms with van der Waals surface area (Å²) in [7, 11) is -0.346. The summed E-state index contributed by atoms with van der Waals surface area (Å²) in [5.74, 6) is 0.522. The van der Waals surface area contributed by atoms with Gasteiger partial charge in [-0.3, -0.25) is 4.98 Å². The molecule has 1 nitrogen and oxygen atoms in total. The Kier molecular flexibility index (Phi) is 3.18. The molecule has 0 spiro atoms. The van der Waals surface area contributed by atoms with Crippen molar-refractivity contribution in [1.29, 1.82) is 0 Å². The first kappa shape index (κ1) is 14.1. The molecule has 3 aliphatic rings. The van der Waals surface area contributed by atoms with Crippen molar-refractivity contribution in [1.82, 2.24) is 4.98 Å². The molecule has 0 N–H and O–H groups in total. The first-order chi connectivity index (χ1) is 11.8. The van der Waals surface area contributed by atoms with Gasteiger partial charge in [0.1, 0.15) is 0 Å². The molecule has 2 aromatic rings. The van der Waals surface area contributed by atoms with Crippen LogP contribution in [0.1, 0.15) is 29.4 Å². The number of rotatable bonds is 2. The van der Waals surface area contributed by atoms with Crippen LogP contribution in [0.2, 0.25) is 0 Å². The summed E-state index contributed by atoms with van der Waals surface area (Å²) in [6.07, 6.45) is 13.6. The van der Waals surface area contributed by atoms with Crippen LogP contribution in [0.25, 0.3) is 11.6 Å². The molecule has 0 saturated heterocycles. The van der Waals surface area contributed by atoms with E-state index in [9.17, 15) is 0 Å². The molecule has 5 rings (SSSR count). The van der Waals surface area contributed by atoms with Gasteiger partial charge in [-0.15, -0.1) is 0 Å². The molecule has 2 heteroatoms. The third-order valence-electron chi connectivity index (χ3n) is 5.12. The monoisotopic (exact) mass is 327 g/mol. The summed E-state index contributed by atoms with van der Waals surface area (Å²) in [5.41, 5.74) is 5.74. The first-order valence-corrected chi connectivity index (χ1v) is 9.82. The number of fused-ring (bicyclic) bond motifs is 2. The standard InChI is InChI=1S/C22H18NP/c1-15-13-17-8-6-11-21(17)24(15)22-18-9-3-2-7-16(18)14-19(22)20-10-4-5-12-23-20/h2-14,17,22H,1H3. The van der Waals surface area contributed by atoms with Gasteiger partial charge < -0.3 is 0 Å². The molecule has 24 heavy (non-hydrogen) atoms. The molecule has 1 aromatic carbocycles. The lowest BCUT2D eigenvalue weighted by Crippen LogP contribution is -2.00. The third kappa shape index (κ3) is 2.01. The Labute approximate surface area is 143 Å². The summed E-state index contributed by atoms with van der Waals surface area (Å²) < 4.78 is 0. The topological polar surface area (TPSA) is 12.9 Å². The first-order valence-electron chi connectivity index (χ1n) is 8.41. The smallest absolute Gasteiger partial charge is 0.0671 e. The number of hydrogen-bond acceptors (Lipinski definition) is 1. The number of nitrogens with zero attached hydrogens (tertiary/aromatic N) is 1. The maximum atomic E-state index is 4.66. The molecule has 2 aliphatic carbocycles. The second-order valence-corrected chi connectivity index (χ2v) is 9.00. The van der Waals surface area contributed by atoms with Crippen molar-refractivity contribution in [2.75, 3.05) is 0 Å². The Balaban J connectivity index is 1.67. The van der Waals surface area contributed by atoms with Crippen molar-refractivity contribution in [3.8, 4) is 0 Å². The quantitative estimate of drug-likeness (QED) is 0.603. The SMILES string of the molecule is CC1=CC2C=CC=C2P1C1C(c2ccccn2)=Cc2ccccc21. The Hall–Kier alpha value is -2.24. The molecule has 1 aliphatic heterocycles. The molecule has 0 radical (unpaired) electrons. The Morgan fingerprint density at radius 3 is 2.79 bits per heavy atom. The van der Waals surface area contributed by atoms with Crippen LogP contribution in [0.15, 0.2) is 83.6 Å². The van der Waals surface area contributed by atoms with Gasteiger partial charge in [-0.2, -0.15) is 0 Å². The Morgan fingerprint density at radius 1 is 1.04 bits per heavy atom. The lowest BCUT2D eigenvalue weighted by atomic mass is 10.1. The summed E-state index contributed by atoms with van der Waals surface area (Å²) in [6.45, 7) is 2.32. The molecule has 0 fully saturated rings. The summed E-state index contributed by atoms with van der Waals surface area (Å²) in [4.78, 5) is 4.66. The maximum Gasteiger partial charge on any atom is 0.0671 e. The van der Waals surface area contributed by atoms with Crippen LogP contribution < -0.4 is 0 Å². The van der Waals surface area contributed by atoms with Crippen LogP contribution in [-0.2, 0) is 0 Å². The molecular weight excluding hydrogens is 309 g/mol. The van der Waals surface area contributed by atoms with Crippen molar-refractivity contribution in [3.63, 3.8) is 0 Å². The van der Waals surface area contributed by atoms with Gasteiger partial charge in [-0.25, -0.2) is 0 Å². The van der Waals surface area contributed by atoms with Crippen LogP contribution in [0.5, 0.6) is 0 Å². The van der Waals surface area contributed by atoms with Gasteiger partial charge >= 0.3 is 0 Å². The van der Waals surface area contributed by atoms with Gasteiger partial charge in [-0.1, -0.05) is 54.6 Å². The predicted molar refractivity (Wildman–Crippen MR) is 103 cm³/mol. The second kappa shape index (κ2) is 5.40. The van der Waals surface area contributed by atoms with Gasteiger partial charge in [0.05, 0.1) is 5.69 Å². The van der Waals surface area contributed by atoms with Crippen LogP contribution in [-0.4, -0.2) is 4.98 Å². The van der Waals surface area contributed by atoms with Crippen molar-refractivity contribution < 1.29 is 0 Å². The molecule has 0 bridgehead atoms. The number of pyridine rings is 1. The van der Waals surface area contributed by atoms with Crippen LogP contribution in [0.4, 0.5) is 0 Å². The van der Waals surface area contributed by atoms with E-state index >= 15 is 0 Å². The van der Waals surface area contributed by atoms with Gasteiger partial charge in [0.15, 0.2) is 0 Å². The Bertz CT molecular complexity index is 933. The highest BCUT2D eigenvalue weighted by Crippen LogP contribution is 2.74. The number of hydrogen-bond donors (Lipinski definition) is 0. The van der Waals surface area contributed by atoms with E-state index in [1.165, 1.54) is 16.7 Å². The van der Waals surface area contributed by atoms with Crippen LogP contribution >= 0.6 is 7.92 Å². The number of benzene rings is 1. The van der Waals surface area contributed by atoms with Crippen LogP contribution in [0, 0.1) is 5.92 Å². The molecule has 0 amide bonds. The molecule has 2 heterocycles. The average molecular weight is 327 g/mol. The molecule has 1 aromatic heterocycles. The normalized spacial score (nSPS) is 26.7. The molecule has 0 saturated carbocycles. The highest BCUT2D eigenvalue weighted by molar-refractivity contribution is 7.67. The number of aromatic nitrogens is 1. The zero-order valence-electron chi connectivity index (χ0n) is 13.6. The lowest BCUT2D eigenvalue weighted by molar-refractivity contribution is 1.08. The van der Waals surface area contributed by atoms with E-state index in [1.54, 1.807) is 10.6 Å². The van der Waals surface area contributed by atoms with Crippen molar-refractivity contribution in [2.45, 2.75) is 12.6 Å². The zero-order valence-corrected chi connectivity index (χ0v) is 14.4. The highest BCUT2D eigenvalue weighted by atomic mass is 31.1. The minimum absolute atomic E-state index is 0.346. The fraction of sp³-hybridized carbons (Fsp3) is 0.136. The largest absolute Gasteiger partial charge is 0.257 e. The number of allylic oxidation sites excluding steroid dienone is 7. The minimum Gasteiger partial charge on any atom is -0.257 e. The molecule has 3 unspecified atom stereocenters. The molecule has 116 valence electrons. The molecule has 3 atom stereocenters. The van der Waals surface area contributed by atoms with E-state index in [1.807, 2.05) is 12.3 Å². The van der Waals surface area contributed by atoms with E-state index in [-0.39, 0.29) is 7.92 Å². The van der Waals surface area contributed by atoms with E-state index in [4.69, 9.17) is 0 Å². The highest BCUT2D eigenvalue weighted by Gasteiger charge is 2.40. The van der Waals surface area contributed by atoms with E-state index in [0.29, 0.717) is 11.6 Å². The summed E-state index contributed by atoms with van der Waals surface area (Å²) >= 11 is 0. The Morgan fingerprint density at radius 2 is 1.92 bits per heavy atom. The van der Waals surface area contributed by atoms with E-state index in [2.05, 4.69) is 78.7 Å². The van der Waals surface area contributed by atoms with Crippen molar-refractivity contribution in [2.24, 2.45) is 5.92 Å². The van der Waals surface area contributed by atoms with Crippen LogP contribution in [0.3, 0.4) is 0 Å². The predicted octanol–water partition coefficient (Wildman–Crippen LogP) is 6.15. The minimum atomic E-state index is -0.346. The van der Waals surface area contributed by atoms with Gasteiger partial charge in [0.2, 0.25) is 0 Å². The van der Waals surface area contributed by atoms with Crippen molar-refractivity contribution in [3.05, 3.63) is 100 Å². The second-order valence-electron chi connectivity index (χ2n) is 6.53. The fourth-order valence-corrected chi connectivity index (χ4v) is 7.25.